The fourth-order valence-corrected chi connectivity index (χ4v) is 3.32. The zero-order valence-electron chi connectivity index (χ0n) is 11.4. The molecular formula is C15H22N2S. The minimum absolute atomic E-state index is 0.109. The molecule has 2 rings (SSSR count). The molecule has 2 aromatic heterocycles. The molecule has 2 nitrogen and oxygen atoms in total. The predicted octanol–water partition coefficient (Wildman–Crippen LogP) is 4.37. The van der Waals surface area contributed by atoms with Crippen LogP contribution in [-0.2, 0) is 0 Å². The van der Waals surface area contributed by atoms with Crippen molar-refractivity contribution in [2.24, 2.45) is 17.6 Å². The monoisotopic (exact) mass is 262 g/mol. The molecule has 0 bridgehead atoms. The highest BCUT2D eigenvalue weighted by atomic mass is 32.1. The Morgan fingerprint density at radius 2 is 2.06 bits per heavy atom. The lowest BCUT2D eigenvalue weighted by Gasteiger charge is -2.19. The van der Waals surface area contributed by atoms with Gasteiger partial charge < -0.3 is 5.73 Å². The zero-order chi connectivity index (χ0) is 13.1. The van der Waals surface area contributed by atoms with E-state index in [1.165, 1.54) is 16.7 Å². The first-order valence-corrected chi connectivity index (χ1v) is 7.53. The zero-order valence-corrected chi connectivity index (χ0v) is 12.2. The molecule has 0 fully saturated rings. The summed E-state index contributed by atoms with van der Waals surface area (Å²) < 4.78 is 1.24. The highest BCUT2D eigenvalue weighted by Gasteiger charge is 2.13. The summed E-state index contributed by atoms with van der Waals surface area (Å²) in [5, 5.41) is 2.08. The van der Waals surface area contributed by atoms with Crippen LogP contribution in [0.3, 0.4) is 0 Å². The Morgan fingerprint density at radius 3 is 2.78 bits per heavy atom. The van der Waals surface area contributed by atoms with Crippen molar-refractivity contribution >= 4 is 21.6 Å². The molecule has 0 saturated carbocycles. The van der Waals surface area contributed by atoms with E-state index in [1.54, 1.807) is 11.3 Å². The van der Waals surface area contributed by atoms with E-state index in [9.17, 15) is 0 Å². The standard InChI is InChI=1S/C15H22N2S/c1-10(2)6-11(3)7-13(16)12-8-15-14(17-9-12)4-5-18-15/h4-5,8-11,13H,6-7,16H2,1-3H3. The first kappa shape index (κ1) is 13.5. The Morgan fingerprint density at radius 1 is 1.28 bits per heavy atom. The number of fused-ring (bicyclic) bond motifs is 1. The topological polar surface area (TPSA) is 38.9 Å². The molecule has 3 heteroatoms. The van der Waals surface area contributed by atoms with Gasteiger partial charge in [-0.1, -0.05) is 20.8 Å². The van der Waals surface area contributed by atoms with Gasteiger partial charge in [0.05, 0.1) is 10.2 Å². The lowest BCUT2D eigenvalue weighted by atomic mass is 9.91. The minimum atomic E-state index is 0.109. The summed E-state index contributed by atoms with van der Waals surface area (Å²) >= 11 is 1.73. The minimum Gasteiger partial charge on any atom is -0.324 e. The molecule has 0 amide bonds. The summed E-state index contributed by atoms with van der Waals surface area (Å²) in [6.45, 7) is 6.82. The Bertz CT molecular complexity index is 504. The molecule has 0 aliphatic heterocycles. The molecule has 0 saturated heterocycles. The van der Waals surface area contributed by atoms with E-state index < -0.39 is 0 Å². The first-order chi connectivity index (χ1) is 8.56. The van der Waals surface area contributed by atoms with Gasteiger partial charge in [-0.2, -0.15) is 0 Å². The van der Waals surface area contributed by atoms with Crippen molar-refractivity contribution in [1.82, 2.24) is 4.98 Å². The predicted molar refractivity (Wildman–Crippen MR) is 79.8 cm³/mol. The van der Waals surface area contributed by atoms with Gasteiger partial charge in [0.2, 0.25) is 0 Å². The van der Waals surface area contributed by atoms with Crippen LogP contribution in [0.25, 0.3) is 10.2 Å². The molecule has 18 heavy (non-hydrogen) atoms. The van der Waals surface area contributed by atoms with Crippen LogP contribution in [0, 0.1) is 11.8 Å². The second-order valence-electron chi connectivity index (χ2n) is 5.65. The maximum Gasteiger partial charge on any atom is 0.0809 e. The lowest BCUT2D eigenvalue weighted by molar-refractivity contribution is 0.387. The summed E-state index contributed by atoms with van der Waals surface area (Å²) in [6.07, 6.45) is 4.21. The Labute approximate surface area is 113 Å². The normalized spacial score (nSPS) is 15.2. The summed E-state index contributed by atoms with van der Waals surface area (Å²) in [5.41, 5.74) is 8.54. The SMILES string of the molecule is CC(C)CC(C)CC(N)c1cnc2ccsc2c1. The van der Waals surface area contributed by atoms with Crippen molar-refractivity contribution in [3.63, 3.8) is 0 Å². The molecule has 98 valence electrons. The van der Waals surface area contributed by atoms with Crippen LogP contribution in [0.4, 0.5) is 0 Å². The third-order valence-electron chi connectivity index (χ3n) is 3.28. The van der Waals surface area contributed by atoms with Crippen molar-refractivity contribution in [3.05, 3.63) is 29.3 Å². The second-order valence-corrected chi connectivity index (χ2v) is 6.60. The summed E-state index contributed by atoms with van der Waals surface area (Å²) in [7, 11) is 0. The van der Waals surface area contributed by atoms with Crippen molar-refractivity contribution in [1.29, 1.82) is 0 Å². The number of aromatic nitrogens is 1. The number of thiophene rings is 1. The molecule has 0 aromatic carbocycles. The van der Waals surface area contributed by atoms with Crippen LogP contribution in [0.2, 0.25) is 0 Å². The fraction of sp³-hybridized carbons (Fsp3) is 0.533. The second kappa shape index (κ2) is 5.81. The number of nitrogens with zero attached hydrogens (tertiary/aromatic N) is 1. The smallest absolute Gasteiger partial charge is 0.0809 e. The highest BCUT2D eigenvalue weighted by Crippen LogP contribution is 2.26. The van der Waals surface area contributed by atoms with E-state index in [0.29, 0.717) is 5.92 Å². The average Bonchev–Trinajstić information content (AvgIpc) is 2.74. The lowest BCUT2D eigenvalue weighted by Crippen LogP contribution is -2.15. The number of hydrogen-bond acceptors (Lipinski definition) is 3. The van der Waals surface area contributed by atoms with Crippen LogP contribution in [0.1, 0.15) is 45.2 Å². The molecule has 2 aromatic rings. The third kappa shape index (κ3) is 3.30. The molecule has 2 atom stereocenters. The Hall–Kier alpha value is -0.930. The van der Waals surface area contributed by atoms with Gasteiger partial charge in [-0.15, -0.1) is 11.3 Å². The van der Waals surface area contributed by atoms with Gasteiger partial charge in [0.25, 0.3) is 0 Å². The van der Waals surface area contributed by atoms with E-state index in [-0.39, 0.29) is 6.04 Å². The van der Waals surface area contributed by atoms with Gasteiger partial charge in [0.15, 0.2) is 0 Å². The van der Waals surface area contributed by atoms with Crippen LogP contribution in [0.5, 0.6) is 0 Å². The number of pyridine rings is 1. The van der Waals surface area contributed by atoms with Gasteiger partial charge in [0, 0.05) is 12.2 Å². The third-order valence-corrected chi connectivity index (χ3v) is 4.14. The average molecular weight is 262 g/mol. The van der Waals surface area contributed by atoms with Gasteiger partial charge in [-0.3, -0.25) is 4.98 Å². The molecule has 2 unspecified atom stereocenters. The molecule has 0 radical (unpaired) electrons. The number of nitrogens with two attached hydrogens (primary N) is 1. The maximum atomic E-state index is 6.30. The van der Waals surface area contributed by atoms with E-state index in [1.807, 2.05) is 6.20 Å². The molecule has 0 aliphatic rings. The maximum absolute atomic E-state index is 6.30. The summed E-state index contributed by atoms with van der Waals surface area (Å²) in [6, 6.07) is 4.36. The Balaban J connectivity index is 2.05. The fourth-order valence-electron chi connectivity index (χ4n) is 2.53. The van der Waals surface area contributed by atoms with Crippen molar-refractivity contribution in [2.75, 3.05) is 0 Å². The highest BCUT2D eigenvalue weighted by molar-refractivity contribution is 7.17. The van der Waals surface area contributed by atoms with Crippen LogP contribution in [0.15, 0.2) is 23.7 Å². The number of hydrogen-bond donors (Lipinski definition) is 1. The van der Waals surface area contributed by atoms with Crippen LogP contribution >= 0.6 is 11.3 Å². The van der Waals surface area contributed by atoms with Crippen molar-refractivity contribution in [3.8, 4) is 0 Å². The largest absolute Gasteiger partial charge is 0.324 e. The van der Waals surface area contributed by atoms with Crippen molar-refractivity contribution < 1.29 is 0 Å². The molecule has 0 spiro atoms. The van der Waals surface area contributed by atoms with Crippen molar-refractivity contribution in [2.45, 2.75) is 39.7 Å². The van der Waals surface area contributed by atoms with Gasteiger partial charge in [-0.05, 0) is 47.8 Å². The van der Waals surface area contributed by atoms with Crippen LogP contribution in [-0.4, -0.2) is 4.98 Å². The van der Waals surface area contributed by atoms with E-state index in [0.717, 1.165) is 17.9 Å². The van der Waals surface area contributed by atoms with E-state index in [4.69, 9.17) is 5.73 Å². The molecular weight excluding hydrogens is 240 g/mol. The summed E-state index contributed by atoms with van der Waals surface area (Å²) in [4.78, 5) is 4.46. The molecule has 2 N–H and O–H groups in total. The van der Waals surface area contributed by atoms with Gasteiger partial charge in [-0.25, -0.2) is 0 Å². The summed E-state index contributed by atoms with van der Waals surface area (Å²) in [5.74, 6) is 1.41. The Kier molecular flexibility index (Phi) is 4.36. The molecule has 2 heterocycles. The van der Waals surface area contributed by atoms with E-state index in [2.05, 4.69) is 43.3 Å². The molecule has 0 aliphatic carbocycles. The van der Waals surface area contributed by atoms with Crippen LogP contribution < -0.4 is 5.73 Å². The van der Waals surface area contributed by atoms with E-state index >= 15 is 0 Å². The first-order valence-electron chi connectivity index (χ1n) is 6.65. The van der Waals surface area contributed by atoms with Gasteiger partial charge >= 0.3 is 0 Å². The quantitative estimate of drug-likeness (QED) is 0.869. The number of rotatable bonds is 5. The van der Waals surface area contributed by atoms with Gasteiger partial charge in [0.1, 0.15) is 0 Å².